The lowest BCUT2D eigenvalue weighted by Crippen LogP contribution is -2.41. The van der Waals surface area contributed by atoms with Crippen LogP contribution in [0.3, 0.4) is 0 Å². The van der Waals surface area contributed by atoms with Crippen LogP contribution in [0.2, 0.25) is 0 Å². The molecule has 0 radical (unpaired) electrons. The van der Waals surface area contributed by atoms with Crippen molar-refractivity contribution in [3.63, 3.8) is 0 Å². The Bertz CT molecular complexity index is 904. The van der Waals surface area contributed by atoms with Gasteiger partial charge in [0.25, 0.3) is 12.3 Å². The van der Waals surface area contributed by atoms with Gasteiger partial charge in [0.1, 0.15) is 0 Å². The fourth-order valence-corrected chi connectivity index (χ4v) is 3.66. The molecule has 1 aliphatic rings. The number of hydrogen-bond acceptors (Lipinski definition) is 4. The largest absolute Gasteiger partial charge is 0.432 e. The Labute approximate surface area is 176 Å². The van der Waals surface area contributed by atoms with Crippen LogP contribution in [0.4, 0.5) is 22.0 Å². The summed E-state index contributed by atoms with van der Waals surface area (Å²) >= 11 is 0. The first-order chi connectivity index (χ1) is 14.7. The monoisotopic (exact) mass is 445 g/mol. The number of nitrogens with zero attached hydrogens (tertiary/aromatic N) is 1. The summed E-state index contributed by atoms with van der Waals surface area (Å²) in [6.07, 6.45) is 1.96. The molecule has 1 fully saturated rings. The predicted octanol–water partition coefficient (Wildman–Crippen LogP) is 4.51. The third-order valence-electron chi connectivity index (χ3n) is 5.50. The van der Waals surface area contributed by atoms with Crippen LogP contribution in [-0.2, 0) is 0 Å². The lowest BCUT2D eigenvalue weighted by molar-refractivity contribution is -0.0520. The van der Waals surface area contributed by atoms with E-state index in [9.17, 15) is 26.7 Å². The number of nitrogens with one attached hydrogen (secondary N) is 2. The normalized spacial score (nSPS) is 20.3. The number of ether oxygens (including phenoxy) is 1. The van der Waals surface area contributed by atoms with E-state index in [0.29, 0.717) is 6.54 Å². The van der Waals surface area contributed by atoms with Crippen molar-refractivity contribution < 1.29 is 31.5 Å². The Morgan fingerprint density at radius 2 is 1.87 bits per heavy atom. The predicted molar refractivity (Wildman–Crippen MR) is 105 cm³/mol. The van der Waals surface area contributed by atoms with Gasteiger partial charge in [-0.25, -0.2) is 13.2 Å². The van der Waals surface area contributed by atoms with Crippen LogP contribution >= 0.6 is 0 Å². The lowest BCUT2D eigenvalue weighted by Gasteiger charge is -2.30. The molecule has 0 aliphatic heterocycles. The lowest BCUT2D eigenvalue weighted by atomic mass is 9.85. The molecule has 1 atom stereocenters. The van der Waals surface area contributed by atoms with Crippen LogP contribution in [0.25, 0.3) is 10.9 Å². The third kappa shape index (κ3) is 6.25. The highest BCUT2D eigenvalue weighted by Crippen LogP contribution is 2.27. The average Bonchev–Trinajstić information content (AvgIpc) is 2.72. The van der Waals surface area contributed by atoms with Crippen LogP contribution < -0.4 is 15.4 Å². The second-order valence-electron chi connectivity index (χ2n) is 7.80. The molecule has 170 valence electrons. The van der Waals surface area contributed by atoms with Crippen molar-refractivity contribution in [3.8, 4) is 5.75 Å². The number of alkyl halides is 4. The zero-order valence-electron chi connectivity index (χ0n) is 16.9. The number of amides is 1. The summed E-state index contributed by atoms with van der Waals surface area (Å²) in [6, 6.07) is 2.60. The molecule has 1 amide bonds. The van der Waals surface area contributed by atoms with E-state index >= 15 is 0 Å². The average molecular weight is 445 g/mol. The SMILES string of the molecule is CC(NCC1CCC(NC(=O)c2cnc3cc(OC(F)F)c(F)cc3c2)CC1)C(F)F. The van der Waals surface area contributed by atoms with E-state index in [4.69, 9.17) is 0 Å². The number of rotatable bonds is 8. The quantitative estimate of drug-likeness (QED) is 0.587. The third-order valence-corrected chi connectivity index (χ3v) is 5.50. The van der Waals surface area contributed by atoms with Crippen LogP contribution in [-0.4, -0.2) is 42.6 Å². The number of hydrogen-bond donors (Lipinski definition) is 2. The van der Waals surface area contributed by atoms with Crippen LogP contribution in [0.15, 0.2) is 24.4 Å². The Hall–Kier alpha value is -2.49. The molecule has 1 unspecified atom stereocenters. The van der Waals surface area contributed by atoms with Gasteiger partial charge in [0.2, 0.25) is 0 Å². The van der Waals surface area contributed by atoms with Crippen molar-refractivity contribution in [1.82, 2.24) is 15.6 Å². The van der Waals surface area contributed by atoms with Crippen molar-refractivity contribution in [2.24, 2.45) is 5.92 Å². The van der Waals surface area contributed by atoms with E-state index in [1.54, 1.807) is 0 Å². The topological polar surface area (TPSA) is 63.2 Å². The summed E-state index contributed by atoms with van der Waals surface area (Å²) in [5, 5.41) is 6.05. The minimum atomic E-state index is -3.16. The molecule has 1 aliphatic carbocycles. The van der Waals surface area contributed by atoms with Crippen molar-refractivity contribution in [1.29, 1.82) is 0 Å². The Morgan fingerprint density at radius 1 is 1.16 bits per heavy atom. The van der Waals surface area contributed by atoms with Gasteiger partial charge in [-0.2, -0.15) is 8.78 Å². The highest BCUT2D eigenvalue weighted by atomic mass is 19.3. The fourth-order valence-electron chi connectivity index (χ4n) is 3.66. The summed E-state index contributed by atoms with van der Waals surface area (Å²) in [5.74, 6) is -1.67. The molecule has 2 N–H and O–H groups in total. The molecule has 2 aromatic rings. The first kappa shape index (κ1) is 23.2. The Balaban J connectivity index is 1.56. The van der Waals surface area contributed by atoms with Gasteiger partial charge in [0.05, 0.1) is 17.1 Å². The maximum atomic E-state index is 13.9. The minimum absolute atomic E-state index is 0.0504. The molecule has 31 heavy (non-hydrogen) atoms. The Morgan fingerprint density at radius 3 is 2.52 bits per heavy atom. The van der Waals surface area contributed by atoms with Crippen LogP contribution in [0.5, 0.6) is 5.75 Å². The molecule has 0 saturated heterocycles. The molecule has 10 heteroatoms. The van der Waals surface area contributed by atoms with Crippen LogP contribution in [0.1, 0.15) is 43.0 Å². The van der Waals surface area contributed by atoms with Gasteiger partial charge < -0.3 is 15.4 Å². The van der Waals surface area contributed by atoms with Crippen molar-refractivity contribution in [3.05, 3.63) is 35.8 Å². The first-order valence-corrected chi connectivity index (χ1v) is 10.1. The number of benzene rings is 1. The summed E-state index contributed by atoms with van der Waals surface area (Å²) in [5.41, 5.74) is 0.448. The maximum absolute atomic E-state index is 13.9. The van der Waals surface area contributed by atoms with Gasteiger partial charge in [-0.1, -0.05) is 0 Å². The van der Waals surface area contributed by atoms with E-state index in [1.807, 2.05) is 0 Å². The Kier molecular flexibility index (Phi) is 7.64. The molecular weight excluding hydrogens is 421 g/mol. The van der Waals surface area contributed by atoms with Crippen LogP contribution in [0, 0.1) is 11.7 Å². The molecule has 5 nitrogen and oxygen atoms in total. The highest BCUT2D eigenvalue weighted by molar-refractivity contribution is 5.97. The number of carbonyl (C=O) groups excluding carboxylic acids is 1. The summed E-state index contributed by atoms with van der Waals surface area (Å²) in [4.78, 5) is 16.6. The second-order valence-corrected chi connectivity index (χ2v) is 7.80. The number of fused-ring (bicyclic) bond motifs is 1. The van der Waals surface area contributed by atoms with Gasteiger partial charge in [-0.3, -0.25) is 9.78 Å². The number of aromatic nitrogens is 1. The van der Waals surface area contributed by atoms with E-state index in [-0.39, 0.29) is 34.3 Å². The van der Waals surface area contributed by atoms with Gasteiger partial charge >= 0.3 is 6.61 Å². The maximum Gasteiger partial charge on any atom is 0.387 e. The summed E-state index contributed by atoms with van der Waals surface area (Å²) in [6.45, 7) is -1.19. The standard InChI is InChI=1S/C21H24F5N3O2/c1-11(19(23)24)27-9-12-2-4-15(5-3-12)29-20(30)14-6-13-7-16(22)18(31-21(25)26)8-17(13)28-10-14/h6-8,10-12,15,19,21,27H,2-5,9H2,1H3,(H,29,30). The van der Waals surface area contributed by atoms with E-state index in [2.05, 4.69) is 20.4 Å². The molecular formula is C21H24F5N3O2. The number of carbonyl (C=O) groups is 1. The molecule has 1 aromatic heterocycles. The fraction of sp³-hybridized carbons (Fsp3) is 0.524. The molecule has 1 saturated carbocycles. The zero-order chi connectivity index (χ0) is 22.5. The van der Waals surface area contributed by atoms with Gasteiger partial charge in [0, 0.05) is 23.7 Å². The van der Waals surface area contributed by atoms with Gasteiger partial charge in [0.15, 0.2) is 11.6 Å². The summed E-state index contributed by atoms with van der Waals surface area (Å²) < 4.78 is 67.9. The smallest absolute Gasteiger partial charge is 0.387 e. The highest BCUT2D eigenvalue weighted by Gasteiger charge is 2.24. The second kappa shape index (κ2) is 10.2. The zero-order valence-corrected chi connectivity index (χ0v) is 16.9. The number of halogens is 5. The molecule has 0 spiro atoms. The van der Waals surface area contributed by atoms with E-state index in [0.717, 1.165) is 37.8 Å². The van der Waals surface area contributed by atoms with E-state index in [1.165, 1.54) is 19.2 Å². The van der Waals surface area contributed by atoms with Crippen molar-refractivity contribution in [2.75, 3.05) is 6.54 Å². The molecule has 3 rings (SSSR count). The summed E-state index contributed by atoms with van der Waals surface area (Å²) in [7, 11) is 0. The molecule has 1 aromatic carbocycles. The first-order valence-electron chi connectivity index (χ1n) is 10.1. The molecule has 0 bridgehead atoms. The van der Waals surface area contributed by atoms with Gasteiger partial charge in [-0.05, 0) is 57.2 Å². The molecule has 1 heterocycles. The van der Waals surface area contributed by atoms with E-state index < -0.39 is 30.6 Å². The van der Waals surface area contributed by atoms with Crippen molar-refractivity contribution >= 4 is 16.8 Å². The van der Waals surface area contributed by atoms with Crippen molar-refractivity contribution in [2.45, 2.75) is 57.7 Å². The minimum Gasteiger partial charge on any atom is -0.432 e. The van der Waals surface area contributed by atoms with Gasteiger partial charge in [-0.15, -0.1) is 0 Å². The number of pyridine rings is 1.